The second kappa shape index (κ2) is 7.79. The zero-order valence-electron chi connectivity index (χ0n) is 16.4. The summed E-state index contributed by atoms with van der Waals surface area (Å²) in [6.07, 6.45) is 3.54. The maximum absolute atomic E-state index is 12.2. The van der Waals surface area contributed by atoms with Gasteiger partial charge in [-0.25, -0.2) is 4.68 Å². The third kappa shape index (κ3) is 4.93. The molecule has 0 atom stereocenters. The van der Waals surface area contributed by atoms with Crippen LogP contribution in [0.5, 0.6) is 0 Å². The lowest BCUT2D eigenvalue weighted by molar-refractivity contribution is -0.0832. The summed E-state index contributed by atoms with van der Waals surface area (Å²) >= 11 is 0. The molecule has 146 valence electrons. The lowest BCUT2D eigenvalue weighted by Gasteiger charge is -2.39. The SMILES string of the molecule is CC(C)(C)c1ccc(=O)n(CC2CCN(CC3(O)CCOCC3)CC2)n1. The van der Waals surface area contributed by atoms with E-state index in [9.17, 15) is 9.90 Å². The highest BCUT2D eigenvalue weighted by molar-refractivity contribution is 5.10. The van der Waals surface area contributed by atoms with Gasteiger partial charge in [0, 0.05) is 50.6 Å². The first kappa shape index (κ1) is 19.5. The largest absolute Gasteiger partial charge is 0.388 e. The number of rotatable bonds is 4. The van der Waals surface area contributed by atoms with E-state index >= 15 is 0 Å². The number of nitrogens with zero attached hydrogens (tertiary/aromatic N) is 3. The second-order valence-corrected chi connectivity index (χ2v) is 9.05. The van der Waals surface area contributed by atoms with Gasteiger partial charge in [-0.2, -0.15) is 5.10 Å². The lowest BCUT2D eigenvalue weighted by atomic mass is 9.91. The first-order chi connectivity index (χ1) is 12.3. The minimum absolute atomic E-state index is 0.0167. The Hall–Kier alpha value is -1.24. The average Bonchev–Trinajstić information content (AvgIpc) is 2.58. The van der Waals surface area contributed by atoms with E-state index in [0.29, 0.717) is 25.7 Å². The molecule has 0 radical (unpaired) electrons. The fraction of sp³-hybridized carbons (Fsp3) is 0.800. The highest BCUT2D eigenvalue weighted by Gasteiger charge is 2.33. The molecule has 2 fully saturated rings. The minimum Gasteiger partial charge on any atom is -0.388 e. The average molecular weight is 364 g/mol. The van der Waals surface area contributed by atoms with E-state index in [0.717, 1.165) is 51.0 Å². The number of β-amino-alcohol motifs (C(OH)–C–C–N with tert-alkyl or cyclic N) is 1. The van der Waals surface area contributed by atoms with Crippen molar-refractivity contribution in [1.82, 2.24) is 14.7 Å². The molecule has 0 spiro atoms. The molecule has 3 heterocycles. The summed E-state index contributed by atoms with van der Waals surface area (Å²) in [6.45, 7) is 11.0. The number of aliphatic hydroxyl groups is 1. The third-order valence-electron chi connectivity index (χ3n) is 5.71. The Labute approximate surface area is 156 Å². The highest BCUT2D eigenvalue weighted by atomic mass is 16.5. The van der Waals surface area contributed by atoms with Gasteiger partial charge in [0.15, 0.2) is 0 Å². The first-order valence-corrected chi connectivity index (χ1v) is 9.86. The lowest BCUT2D eigenvalue weighted by Crippen LogP contribution is -2.49. The molecule has 26 heavy (non-hydrogen) atoms. The predicted molar refractivity (Wildman–Crippen MR) is 101 cm³/mol. The van der Waals surface area contributed by atoms with Gasteiger partial charge < -0.3 is 14.7 Å². The summed E-state index contributed by atoms with van der Waals surface area (Å²) in [5, 5.41) is 15.3. The molecule has 3 rings (SSSR count). The van der Waals surface area contributed by atoms with Crippen LogP contribution >= 0.6 is 0 Å². The fourth-order valence-electron chi connectivity index (χ4n) is 3.88. The maximum atomic E-state index is 12.2. The van der Waals surface area contributed by atoms with Gasteiger partial charge in [-0.05, 0) is 37.9 Å². The van der Waals surface area contributed by atoms with Crippen molar-refractivity contribution >= 4 is 0 Å². The van der Waals surface area contributed by atoms with E-state index in [1.807, 2.05) is 6.07 Å². The number of piperidine rings is 1. The van der Waals surface area contributed by atoms with Gasteiger partial charge in [0.05, 0.1) is 11.3 Å². The van der Waals surface area contributed by atoms with Crippen LogP contribution in [-0.2, 0) is 16.7 Å². The molecule has 2 aliphatic rings. The van der Waals surface area contributed by atoms with Gasteiger partial charge in [0.2, 0.25) is 0 Å². The standard InChI is InChI=1S/C20H33N3O3/c1-19(2,3)17-4-5-18(24)23(21-17)14-16-6-10-22(11-7-16)15-20(25)8-12-26-13-9-20/h4-5,16,25H,6-15H2,1-3H3. The molecular formula is C20H33N3O3. The second-order valence-electron chi connectivity index (χ2n) is 9.05. The molecular weight excluding hydrogens is 330 g/mol. The number of aromatic nitrogens is 2. The summed E-state index contributed by atoms with van der Waals surface area (Å²) < 4.78 is 7.01. The van der Waals surface area contributed by atoms with Gasteiger partial charge in [0.25, 0.3) is 5.56 Å². The molecule has 0 aromatic carbocycles. The predicted octanol–water partition coefficient (Wildman–Crippen LogP) is 1.79. The van der Waals surface area contributed by atoms with Crippen molar-refractivity contribution in [2.24, 2.45) is 5.92 Å². The maximum Gasteiger partial charge on any atom is 0.266 e. The van der Waals surface area contributed by atoms with Crippen LogP contribution in [0.2, 0.25) is 0 Å². The molecule has 0 amide bonds. The molecule has 2 saturated heterocycles. The van der Waals surface area contributed by atoms with Crippen molar-refractivity contribution in [3.05, 3.63) is 28.2 Å². The number of likely N-dealkylation sites (tertiary alicyclic amines) is 1. The quantitative estimate of drug-likeness (QED) is 0.883. The van der Waals surface area contributed by atoms with Crippen LogP contribution in [0.3, 0.4) is 0 Å². The highest BCUT2D eigenvalue weighted by Crippen LogP contribution is 2.25. The number of hydrogen-bond donors (Lipinski definition) is 1. The first-order valence-electron chi connectivity index (χ1n) is 9.86. The Kier molecular flexibility index (Phi) is 5.85. The Morgan fingerprint density at radius 3 is 2.50 bits per heavy atom. The molecule has 1 aromatic heterocycles. The van der Waals surface area contributed by atoms with E-state index < -0.39 is 5.60 Å². The van der Waals surface area contributed by atoms with E-state index in [1.165, 1.54) is 0 Å². The summed E-state index contributed by atoms with van der Waals surface area (Å²) in [7, 11) is 0. The van der Waals surface area contributed by atoms with Crippen LogP contribution in [0.25, 0.3) is 0 Å². The van der Waals surface area contributed by atoms with Crippen LogP contribution in [0.4, 0.5) is 0 Å². The Balaban J connectivity index is 1.55. The van der Waals surface area contributed by atoms with Crippen molar-refractivity contribution in [1.29, 1.82) is 0 Å². The van der Waals surface area contributed by atoms with Crippen molar-refractivity contribution in [3.63, 3.8) is 0 Å². The van der Waals surface area contributed by atoms with Gasteiger partial charge in [0.1, 0.15) is 0 Å². The summed E-state index contributed by atoms with van der Waals surface area (Å²) in [6, 6.07) is 3.49. The summed E-state index contributed by atoms with van der Waals surface area (Å²) in [5.74, 6) is 0.469. The van der Waals surface area contributed by atoms with Crippen molar-refractivity contribution in [3.8, 4) is 0 Å². The number of hydrogen-bond acceptors (Lipinski definition) is 5. The van der Waals surface area contributed by atoms with Crippen LogP contribution in [0.15, 0.2) is 16.9 Å². The monoisotopic (exact) mass is 363 g/mol. The molecule has 6 heteroatoms. The summed E-state index contributed by atoms with van der Waals surface area (Å²) in [5.41, 5.74) is 0.288. The topological polar surface area (TPSA) is 67.6 Å². The Bertz CT molecular complexity index is 651. The minimum atomic E-state index is -0.593. The Morgan fingerprint density at radius 2 is 1.88 bits per heavy atom. The van der Waals surface area contributed by atoms with Crippen molar-refractivity contribution in [2.45, 2.75) is 64.0 Å². The van der Waals surface area contributed by atoms with E-state index in [2.05, 4.69) is 30.8 Å². The Morgan fingerprint density at radius 1 is 1.23 bits per heavy atom. The van der Waals surface area contributed by atoms with Crippen LogP contribution in [0.1, 0.15) is 52.1 Å². The van der Waals surface area contributed by atoms with E-state index in [1.54, 1.807) is 10.7 Å². The third-order valence-corrected chi connectivity index (χ3v) is 5.71. The van der Waals surface area contributed by atoms with Gasteiger partial charge in [-0.1, -0.05) is 20.8 Å². The van der Waals surface area contributed by atoms with E-state index in [4.69, 9.17) is 4.74 Å². The zero-order chi connectivity index (χ0) is 18.8. The molecule has 0 unspecified atom stereocenters. The van der Waals surface area contributed by atoms with Crippen LogP contribution in [0, 0.1) is 5.92 Å². The molecule has 0 bridgehead atoms. The summed E-state index contributed by atoms with van der Waals surface area (Å²) in [4.78, 5) is 14.6. The smallest absolute Gasteiger partial charge is 0.266 e. The number of ether oxygens (including phenoxy) is 1. The van der Waals surface area contributed by atoms with Crippen molar-refractivity contribution < 1.29 is 9.84 Å². The molecule has 1 N–H and O–H groups in total. The van der Waals surface area contributed by atoms with Gasteiger partial charge in [-0.3, -0.25) is 4.79 Å². The van der Waals surface area contributed by atoms with Crippen LogP contribution < -0.4 is 5.56 Å². The molecule has 1 aromatic rings. The van der Waals surface area contributed by atoms with E-state index in [-0.39, 0.29) is 11.0 Å². The molecule has 6 nitrogen and oxygen atoms in total. The molecule has 0 aliphatic carbocycles. The van der Waals surface area contributed by atoms with Gasteiger partial charge in [-0.15, -0.1) is 0 Å². The van der Waals surface area contributed by atoms with Gasteiger partial charge >= 0.3 is 0 Å². The molecule has 2 aliphatic heterocycles. The van der Waals surface area contributed by atoms with Crippen LogP contribution in [-0.4, -0.2) is 58.2 Å². The normalized spacial score (nSPS) is 22.5. The molecule has 0 saturated carbocycles. The fourth-order valence-corrected chi connectivity index (χ4v) is 3.88. The zero-order valence-corrected chi connectivity index (χ0v) is 16.4. The van der Waals surface area contributed by atoms with Crippen molar-refractivity contribution in [2.75, 3.05) is 32.8 Å².